The zero-order chi connectivity index (χ0) is 13.8. The van der Waals surface area contributed by atoms with Crippen LogP contribution in [0, 0.1) is 0 Å². The number of ether oxygens (including phenoxy) is 1. The van der Waals surface area contributed by atoms with Gasteiger partial charge in [0.15, 0.2) is 5.78 Å². The van der Waals surface area contributed by atoms with Gasteiger partial charge in [-0.05, 0) is 30.5 Å². The number of carbonyl (C=O) groups excluding carboxylic acids is 1. The lowest BCUT2D eigenvalue weighted by molar-refractivity contribution is -0.114. The number of allylic oxidation sites excluding steroid dienone is 1. The topological polar surface area (TPSA) is 26.3 Å². The molecule has 0 unspecified atom stereocenters. The van der Waals surface area contributed by atoms with Crippen molar-refractivity contribution in [3.63, 3.8) is 0 Å². The first-order valence-electron chi connectivity index (χ1n) is 6.88. The molecule has 0 atom stereocenters. The lowest BCUT2D eigenvalue weighted by atomic mass is 9.96. The highest BCUT2D eigenvalue weighted by Crippen LogP contribution is 2.26. The fraction of sp³-hybridized carbons (Fsp3) is 0.167. The second-order valence-corrected chi connectivity index (χ2v) is 4.90. The van der Waals surface area contributed by atoms with Crippen LogP contribution >= 0.6 is 0 Å². The van der Waals surface area contributed by atoms with Gasteiger partial charge in [-0.25, -0.2) is 0 Å². The van der Waals surface area contributed by atoms with Crippen molar-refractivity contribution in [1.29, 1.82) is 0 Å². The molecule has 20 heavy (non-hydrogen) atoms. The van der Waals surface area contributed by atoms with Gasteiger partial charge in [0.1, 0.15) is 11.5 Å². The van der Waals surface area contributed by atoms with E-state index in [9.17, 15) is 4.79 Å². The zero-order valence-corrected chi connectivity index (χ0v) is 11.2. The van der Waals surface area contributed by atoms with Crippen molar-refractivity contribution in [2.45, 2.75) is 19.3 Å². The van der Waals surface area contributed by atoms with Gasteiger partial charge in [0.2, 0.25) is 0 Å². The van der Waals surface area contributed by atoms with E-state index in [0.717, 1.165) is 24.2 Å². The van der Waals surface area contributed by atoms with Crippen molar-refractivity contribution >= 4 is 11.5 Å². The molecule has 100 valence electrons. The molecule has 1 aliphatic carbocycles. The molecule has 2 nitrogen and oxygen atoms in total. The number of hydrogen-bond acceptors (Lipinski definition) is 2. The predicted molar refractivity (Wildman–Crippen MR) is 79.4 cm³/mol. The van der Waals surface area contributed by atoms with Crippen LogP contribution in [0.25, 0.3) is 5.76 Å². The molecular formula is C18H16O2. The van der Waals surface area contributed by atoms with Crippen molar-refractivity contribution in [1.82, 2.24) is 0 Å². The molecule has 3 rings (SSSR count). The summed E-state index contributed by atoms with van der Waals surface area (Å²) in [6.07, 6.45) is 4.02. The first kappa shape index (κ1) is 12.7. The van der Waals surface area contributed by atoms with E-state index in [1.807, 2.05) is 48.5 Å². The van der Waals surface area contributed by atoms with Crippen molar-refractivity contribution in [2.24, 2.45) is 0 Å². The van der Waals surface area contributed by atoms with Crippen LogP contribution in [0.5, 0.6) is 5.75 Å². The summed E-state index contributed by atoms with van der Waals surface area (Å²) in [5.74, 6) is 1.53. The molecule has 0 aliphatic heterocycles. The highest BCUT2D eigenvalue weighted by molar-refractivity contribution is 5.96. The third-order valence-electron chi connectivity index (χ3n) is 3.42. The summed E-state index contributed by atoms with van der Waals surface area (Å²) in [5.41, 5.74) is 2.26. The van der Waals surface area contributed by atoms with E-state index in [4.69, 9.17) is 4.74 Å². The number of aryl methyl sites for hydroxylation is 1. The van der Waals surface area contributed by atoms with Gasteiger partial charge in [0.05, 0.1) is 0 Å². The molecule has 2 aromatic rings. The Morgan fingerprint density at radius 2 is 1.60 bits per heavy atom. The van der Waals surface area contributed by atoms with Gasteiger partial charge in [0.25, 0.3) is 0 Å². The first-order chi connectivity index (χ1) is 9.83. The maximum absolute atomic E-state index is 11.9. The smallest absolute Gasteiger partial charge is 0.159 e. The SMILES string of the molecule is O=C1C=C(Oc2ccccc2)c2ccccc2CCC1. The highest BCUT2D eigenvalue weighted by atomic mass is 16.5. The number of rotatable bonds is 2. The van der Waals surface area contributed by atoms with Gasteiger partial charge >= 0.3 is 0 Å². The van der Waals surface area contributed by atoms with Crippen LogP contribution in [0.2, 0.25) is 0 Å². The molecule has 0 radical (unpaired) electrons. The van der Waals surface area contributed by atoms with E-state index in [2.05, 4.69) is 6.07 Å². The van der Waals surface area contributed by atoms with Gasteiger partial charge in [-0.15, -0.1) is 0 Å². The molecule has 1 aliphatic rings. The zero-order valence-electron chi connectivity index (χ0n) is 11.2. The van der Waals surface area contributed by atoms with Gasteiger partial charge < -0.3 is 4.74 Å². The number of ketones is 1. The standard InChI is InChI=1S/C18H16O2/c19-15-9-6-8-14-7-4-5-12-17(14)18(13-15)20-16-10-2-1-3-11-16/h1-5,7,10-13H,6,8-9H2. The summed E-state index contributed by atoms with van der Waals surface area (Å²) in [7, 11) is 0. The molecule has 0 amide bonds. The fourth-order valence-electron chi connectivity index (χ4n) is 2.43. The fourth-order valence-corrected chi connectivity index (χ4v) is 2.43. The normalized spacial score (nSPS) is 14.8. The third-order valence-corrected chi connectivity index (χ3v) is 3.42. The monoisotopic (exact) mass is 264 g/mol. The van der Waals surface area contributed by atoms with Crippen LogP contribution in [-0.2, 0) is 11.2 Å². The minimum Gasteiger partial charge on any atom is -0.457 e. The molecular weight excluding hydrogens is 248 g/mol. The quantitative estimate of drug-likeness (QED) is 0.819. The summed E-state index contributed by atoms with van der Waals surface area (Å²) in [5, 5.41) is 0. The summed E-state index contributed by atoms with van der Waals surface area (Å²) >= 11 is 0. The number of para-hydroxylation sites is 1. The van der Waals surface area contributed by atoms with E-state index < -0.39 is 0 Å². The van der Waals surface area contributed by atoms with Crippen LogP contribution in [0.15, 0.2) is 60.7 Å². The minimum absolute atomic E-state index is 0.130. The van der Waals surface area contributed by atoms with Crippen LogP contribution in [-0.4, -0.2) is 5.78 Å². The van der Waals surface area contributed by atoms with Crippen LogP contribution < -0.4 is 4.74 Å². The van der Waals surface area contributed by atoms with E-state index in [-0.39, 0.29) is 5.78 Å². The average molecular weight is 264 g/mol. The average Bonchev–Trinajstić information content (AvgIpc) is 2.47. The molecule has 0 bridgehead atoms. The molecule has 0 N–H and O–H groups in total. The predicted octanol–water partition coefficient (Wildman–Crippen LogP) is 4.01. The Kier molecular flexibility index (Phi) is 3.64. The summed E-state index contributed by atoms with van der Waals surface area (Å²) in [4.78, 5) is 11.9. The Morgan fingerprint density at radius 3 is 2.45 bits per heavy atom. The van der Waals surface area contributed by atoms with E-state index in [1.165, 1.54) is 5.56 Å². The maximum Gasteiger partial charge on any atom is 0.159 e. The molecule has 0 heterocycles. The number of fused-ring (bicyclic) bond motifs is 1. The second kappa shape index (κ2) is 5.74. The van der Waals surface area contributed by atoms with Gasteiger partial charge in [0, 0.05) is 18.1 Å². The summed E-state index contributed by atoms with van der Waals surface area (Å²) < 4.78 is 5.93. The van der Waals surface area contributed by atoms with E-state index in [1.54, 1.807) is 6.08 Å². The van der Waals surface area contributed by atoms with Crippen LogP contribution in [0.3, 0.4) is 0 Å². The molecule has 0 aromatic heterocycles. The summed E-state index contributed by atoms with van der Waals surface area (Å²) in [6.45, 7) is 0. The molecule has 0 fully saturated rings. The van der Waals surface area contributed by atoms with Gasteiger partial charge in [-0.2, -0.15) is 0 Å². The van der Waals surface area contributed by atoms with Gasteiger partial charge in [-0.3, -0.25) is 4.79 Å². The van der Waals surface area contributed by atoms with Crippen molar-refractivity contribution in [3.05, 3.63) is 71.8 Å². The first-order valence-corrected chi connectivity index (χ1v) is 6.88. The van der Waals surface area contributed by atoms with Crippen LogP contribution in [0.1, 0.15) is 24.0 Å². The number of carbonyl (C=O) groups is 1. The Bertz CT molecular complexity index is 641. The molecule has 2 heteroatoms. The lowest BCUT2D eigenvalue weighted by Crippen LogP contribution is -2.07. The largest absolute Gasteiger partial charge is 0.457 e. The third kappa shape index (κ3) is 2.80. The van der Waals surface area contributed by atoms with Crippen molar-refractivity contribution in [3.8, 4) is 5.75 Å². The Hall–Kier alpha value is -2.35. The Balaban J connectivity index is 2.01. The highest BCUT2D eigenvalue weighted by Gasteiger charge is 2.15. The van der Waals surface area contributed by atoms with Gasteiger partial charge in [-0.1, -0.05) is 42.5 Å². The van der Waals surface area contributed by atoms with E-state index >= 15 is 0 Å². The number of benzene rings is 2. The minimum atomic E-state index is 0.130. The number of hydrogen-bond donors (Lipinski definition) is 0. The van der Waals surface area contributed by atoms with Crippen molar-refractivity contribution < 1.29 is 9.53 Å². The second-order valence-electron chi connectivity index (χ2n) is 4.90. The molecule has 0 spiro atoms. The Morgan fingerprint density at radius 1 is 0.850 bits per heavy atom. The summed E-state index contributed by atoms with van der Waals surface area (Å²) in [6, 6.07) is 17.7. The van der Waals surface area contributed by atoms with Crippen LogP contribution in [0.4, 0.5) is 0 Å². The van der Waals surface area contributed by atoms with E-state index in [0.29, 0.717) is 12.2 Å². The molecule has 0 saturated heterocycles. The lowest BCUT2D eigenvalue weighted by Gasteiger charge is -2.16. The molecule has 0 saturated carbocycles. The maximum atomic E-state index is 11.9. The molecule has 2 aromatic carbocycles. The van der Waals surface area contributed by atoms with Crippen molar-refractivity contribution in [2.75, 3.05) is 0 Å². The Labute approximate surface area is 118 Å².